The summed E-state index contributed by atoms with van der Waals surface area (Å²) in [4.78, 5) is 2.32. The molecule has 0 saturated carbocycles. The number of nitrogens with one attached hydrogen (secondary N) is 1. The highest BCUT2D eigenvalue weighted by Gasteiger charge is 2.30. The van der Waals surface area contributed by atoms with Crippen LogP contribution in [-0.2, 0) is 10.2 Å². The van der Waals surface area contributed by atoms with Gasteiger partial charge in [-0.25, -0.2) is 0 Å². The topological polar surface area (TPSA) is 55.9 Å². The third kappa shape index (κ3) is 5.83. The second kappa shape index (κ2) is 9.05. The maximum absolute atomic E-state index is 12.5. The van der Waals surface area contributed by atoms with Gasteiger partial charge >= 0.3 is 0 Å². The number of nitrogens with zero attached hydrogens (tertiary/aromatic N) is 3. The van der Waals surface area contributed by atoms with Crippen molar-refractivity contribution in [3.8, 4) is 0 Å². The monoisotopic (exact) mass is 320 g/mol. The molecule has 0 spiro atoms. The maximum Gasteiger partial charge on any atom is 0.281 e. The van der Waals surface area contributed by atoms with E-state index >= 15 is 0 Å². The number of rotatable bonds is 9. The first-order valence-electron chi connectivity index (χ1n) is 8.05. The van der Waals surface area contributed by atoms with Crippen molar-refractivity contribution >= 4 is 10.2 Å². The number of hydrogen-bond donors (Lipinski definition) is 1. The van der Waals surface area contributed by atoms with E-state index in [1.165, 1.54) is 4.31 Å². The van der Waals surface area contributed by atoms with Gasteiger partial charge in [0, 0.05) is 45.8 Å². The van der Waals surface area contributed by atoms with E-state index < -0.39 is 10.2 Å². The molecule has 0 atom stereocenters. The van der Waals surface area contributed by atoms with Crippen molar-refractivity contribution in [2.24, 2.45) is 0 Å². The molecule has 0 aromatic rings. The molecule has 1 N–H and O–H groups in total. The van der Waals surface area contributed by atoms with E-state index in [9.17, 15) is 8.42 Å². The van der Waals surface area contributed by atoms with E-state index in [-0.39, 0.29) is 0 Å². The van der Waals surface area contributed by atoms with Crippen molar-refractivity contribution < 1.29 is 8.42 Å². The minimum atomic E-state index is -3.29. The highest BCUT2D eigenvalue weighted by molar-refractivity contribution is 7.86. The summed E-state index contributed by atoms with van der Waals surface area (Å²) in [6.07, 6.45) is 1.95. The van der Waals surface area contributed by atoms with Gasteiger partial charge in [-0.05, 0) is 39.8 Å². The van der Waals surface area contributed by atoms with E-state index in [2.05, 4.69) is 31.0 Å². The Morgan fingerprint density at radius 3 is 2.29 bits per heavy atom. The Hall–Kier alpha value is -0.210. The van der Waals surface area contributed by atoms with Crippen LogP contribution >= 0.6 is 0 Å². The fourth-order valence-electron chi connectivity index (χ4n) is 2.49. The molecule has 6 nitrogen and oxygen atoms in total. The number of piperazine rings is 1. The van der Waals surface area contributed by atoms with Gasteiger partial charge in [0.15, 0.2) is 0 Å². The molecule has 0 unspecified atom stereocenters. The van der Waals surface area contributed by atoms with Gasteiger partial charge in [-0.2, -0.15) is 17.0 Å². The Bertz CT molecular complexity index is 378. The molecule has 0 bridgehead atoms. The molecule has 7 heteroatoms. The molecule has 1 rings (SSSR count). The molecule has 0 amide bonds. The second-order valence-corrected chi connectivity index (χ2v) is 8.00. The van der Waals surface area contributed by atoms with Gasteiger partial charge in [-0.15, -0.1) is 0 Å². The van der Waals surface area contributed by atoms with Crippen LogP contribution in [-0.4, -0.2) is 80.8 Å². The van der Waals surface area contributed by atoms with Gasteiger partial charge in [-0.3, -0.25) is 4.90 Å². The van der Waals surface area contributed by atoms with Gasteiger partial charge in [0.1, 0.15) is 0 Å². The molecule has 0 radical (unpaired) electrons. The molecule has 0 aliphatic carbocycles. The molecule has 0 aromatic heterocycles. The first-order valence-corrected chi connectivity index (χ1v) is 9.45. The van der Waals surface area contributed by atoms with Crippen molar-refractivity contribution in [2.45, 2.75) is 39.7 Å². The van der Waals surface area contributed by atoms with Crippen LogP contribution in [0.1, 0.15) is 33.6 Å². The van der Waals surface area contributed by atoms with Crippen LogP contribution in [0.5, 0.6) is 0 Å². The van der Waals surface area contributed by atoms with Crippen LogP contribution in [0.4, 0.5) is 0 Å². The summed E-state index contributed by atoms with van der Waals surface area (Å²) in [6.45, 7) is 11.7. The maximum atomic E-state index is 12.5. The zero-order valence-corrected chi connectivity index (χ0v) is 14.8. The molecule has 1 heterocycles. The SMILES string of the molecule is CCCNCCCN(C)S(=O)(=O)N1CCN(C(C)C)CC1. The summed E-state index contributed by atoms with van der Waals surface area (Å²) >= 11 is 0. The van der Waals surface area contributed by atoms with E-state index in [0.29, 0.717) is 25.7 Å². The van der Waals surface area contributed by atoms with Crippen LogP contribution in [0.25, 0.3) is 0 Å². The molecular weight excluding hydrogens is 288 g/mol. The molecule has 21 heavy (non-hydrogen) atoms. The summed E-state index contributed by atoms with van der Waals surface area (Å²) in [5, 5.41) is 3.30. The van der Waals surface area contributed by atoms with Gasteiger partial charge < -0.3 is 5.32 Å². The Labute approximate surface area is 130 Å². The normalized spacial score (nSPS) is 18.8. The summed E-state index contributed by atoms with van der Waals surface area (Å²) in [5.74, 6) is 0. The largest absolute Gasteiger partial charge is 0.317 e. The van der Waals surface area contributed by atoms with Crippen LogP contribution < -0.4 is 5.32 Å². The fourth-order valence-corrected chi connectivity index (χ4v) is 3.87. The molecule has 126 valence electrons. The third-order valence-corrected chi connectivity index (χ3v) is 5.97. The van der Waals surface area contributed by atoms with Crippen LogP contribution in [0.2, 0.25) is 0 Å². The predicted octanol–water partition coefficient (Wildman–Crippen LogP) is 0.579. The van der Waals surface area contributed by atoms with Crippen molar-refractivity contribution in [3.63, 3.8) is 0 Å². The summed E-state index contributed by atoms with van der Waals surface area (Å²) in [7, 11) is -1.61. The molecule has 1 fully saturated rings. The molecular formula is C14H32N4O2S. The third-order valence-electron chi connectivity index (χ3n) is 3.98. The van der Waals surface area contributed by atoms with Crippen molar-refractivity contribution in [2.75, 3.05) is 52.9 Å². The van der Waals surface area contributed by atoms with Gasteiger partial charge in [0.05, 0.1) is 0 Å². The molecule has 1 aliphatic heterocycles. The average Bonchev–Trinajstić information content (AvgIpc) is 2.46. The first-order chi connectivity index (χ1) is 9.89. The Balaban J connectivity index is 2.38. The number of hydrogen-bond acceptors (Lipinski definition) is 4. The lowest BCUT2D eigenvalue weighted by Gasteiger charge is -2.37. The summed E-state index contributed by atoms with van der Waals surface area (Å²) in [5.41, 5.74) is 0. The van der Waals surface area contributed by atoms with E-state index in [1.54, 1.807) is 11.4 Å². The Morgan fingerprint density at radius 2 is 1.76 bits per heavy atom. The Kier molecular flexibility index (Phi) is 8.12. The highest BCUT2D eigenvalue weighted by Crippen LogP contribution is 2.12. The van der Waals surface area contributed by atoms with Crippen LogP contribution in [0, 0.1) is 0 Å². The average molecular weight is 321 g/mol. The van der Waals surface area contributed by atoms with Crippen molar-refractivity contribution in [3.05, 3.63) is 0 Å². The lowest BCUT2D eigenvalue weighted by molar-refractivity contribution is 0.150. The summed E-state index contributed by atoms with van der Waals surface area (Å²) in [6, 6.07) is 0.484. The standard InChI is InChI=1S/C14H32N4O2S/c1-5-7-15-8-6-9-16(4)21(19,20)18-12-10-17(11-13-18)14(2)3/h14-15H,5-13H2,1-4H3. The van der Waals surface area contributed by atoms with Gasteiger partial charge in [-0.1, -0.05) is 6.92 Å². The first kappa shape index (κ1) is 18.8. The van der Waals surface area contributed by atoms with E-state index in [0.717, 1.165) is 39.0 Å². The van der Waals surface area contributed by atoms with E-state index in [1.807, 2.05) is 0 Å². The zero-order valence-electron chi connectivity index (χ0n) is 14.0. The summed E-state index contributed by atoms with van der Waals surface area (Å²) < 4.78 is 28.1. The Morgan fingerprint density at radius 1 is 1.14 bits per heavy atom. The van der Waals surface area contributed by atoms with Gasteiger partial charge in [0.2, 0.25) is 0 Å². The van der Waals surface area contributed by atoms with Gasteiger partial charge in [0.25, 0.3) is 10.2 Å². The van der Waals surface area contributed by atoms with Crippen LogP contribution in [0.3, 0.4) is 0 Å². The minimum absolute atomic E-state index is 0.484. The minimum Gasteiger partial charge on any atom is -0.317 e. The quantitative estimate of drug-likeness (QED) is 0.632. The lowest BCUT2D eigenvalue weighted by Crippen LogP contribution is -2.53. The zero-order chi connectivity index (χ0) is 15.9. The van der Waals surface area contributed by atoms with Crippen molar-refractivity contribution in [1.29, 1.82) is 0 Å². The fraction of sp³-hybridized carbons (Fsp3) is 1.00. The van der Waals surface area contributed by atoms with Crippen molar-refractivity contribution in [1.82, 2.24) is 18.8 Å². The lowest BCUT2D eigenvalue weighted by atomic mass is 10.3. The predicted molar refractivity (Wildman–Crippen MR) is 87.6 cm³/mol. The molecule has 0 aromatic carbocycles. The van der Waals surface area contributed by atoms with Crippen LogP contribution in [0.15, 0.2) is 0 Å². The smallest absolute Gasteiger partial charge is 0.281 e. The second-order valence-electron chi connectivity index (χ2n) is 5.96. The molecule has 1 aliphatic rings. The molecule has 1 saturated heterocycles. The highest BCUT2D eigenvalue weighted by atomic mass is 32.2. The van der Waals surface area contributed by atoms with E-state index in [4.69, 9.17) is 0 Å².